The molecule has 0 saturated carbocycles. The maximum Gasteiger partial charge on any atom is 0.0953 e. The number of aliphatic hydroxyl groups is 1. The first-order valence-corrected chi connectivity index (χ1v) is 5.36. The van der Waals surface area contributed by atoms with Gasteiger partial charge in [0.05, 0.1) is 18.6 Å². The smallest absolute Gasteiger partial charge is 0.0953 e. The number of rotatable bonds is 3. The van der Waals surface area contributed by atoms with Gasteiger partial charge in [0, 0.05) is 12.7 Å². The van der Waals surface area contributed by atoms with Gasteiger partial charge in [0.25, 0.3) is 0 Å². The summed E-state index contributed by atoms with van der Waals surface area (Å²) in [5, 5.41) is 8.94. The second kappa shape index (κ2) is 4.49. The van der Waals surface area contributed by atoms with Crippen LogP contribution in [0.25, 0.3) is 0 Å². The van der Waals surface area contributed by atoms with Crippen LogP contribution in [0.1, 0.15) is 22.4 Å². The van der Waals surface area contributed by atoms with Gasteiger partial charge < -0.3 is 9.67 Å². The Labute approximate surface area is 95.4 Å². The minimum atomic E-state index is -0.000199. The first kappa shape index (κ1) is 10.9. The third-order valence-corrected chi connectivity index (χ3v) is 2.71. The van der Waals surface area contributed by atoms with E-state index in [-0.39, 0.29) is 6.61 Å². The van der Waals surface area contributed by atoms with E-state index in [0.29, 0.717) is 5.69 Å². The van der Waals surface area contributed by atoms with Crippen LogP contribution in [0, 0.1) is 13.8 Å². The highest BCUT2D eigenvalue weighted by Crippen LogP contribution is 2.12. The van der Waals surface area contributed by atoms with E-state index < -0.39 is 0 Å². The second-order valence-corrected chi connectivity index (χ2v) is 4.13. The number of aryl methyl sites for hydroxylation is 2. The lowest BCUT2D eigenvalue weighted by Gasteiger charge is -2.07. The summed E-state index contributed by atoms with van der Waals surface area (Å²) in [7, 11) is 0. The Bertz CT molecular complexity index is 488. The van der Waals surface area contributed by atoms with Gasteiger partial charge in [-0.2, -0.15) is 0 Å². The van der Waals surface area contributed by atoms with Gasteiger partial charge in [-0.05, 0) is 25.0 Å². The molecule has 0 spiro atoms. The van der Waals surface area contributed by atoms with Crippen molar-refractivity contribution in [2.75, 3.05) is 0 Å². The Morgan fingerprint density at radius 1 is 1.31 bits per heavy atom. The number of benzene rings is 1. The molecule has 0 amide bonds. The second-order valence-electron chi connectivity index (χ2n) is 4.13. The Kier molecular flexibility index (Phi) is 3.06. The van der Waals surface area contributed by atoms with Gasteiger partial charge in [0.1, 0.15) is 0 Å². The average molecular weight is 216 g/mol. The molecule has 2 rings (SSSR count). The average Bonchev–Trinajstić information content (AvgIpc) is 2.71. The fourth-order valence-electron chi connectivity index (χ4n) is 1.74. The number of hydrogen-bond donors (Lipinski definition) is 1. The van der Waals surface area contributed by atoms with Gasteiger partial charge in [0.2, 0.25) is 0 Å². The molecule has 1 aromatic carbocycles. The van der Waals surface area contributed by atoms with Crippen molar-refractivity contribution in [2.45, 2.75) is 27.0 Å². The van der Waals surface area contributed by atoms with E-state index in [1.807, 2.05) is 10.8 Å². The third kappa shape index (κ3) is 2.31. The molecule has 0 aliphatic heterocycles. The Morgan fingerprint density at radius 2 is 2.12 bits per heavy atom. The summed E-state index contributed by atoms with van der Waals surface area (Å²) in [6, 6.07) is 6.44. The zero-order valence-electron chi connectivity index (χ0n) is 9.64. The zero-order valence-corrected chi connectivity index (χ0v) is 9.64. The molecule has 0 fully saturated rings. The van der Waals surface area contributed by atoms with Crippen molar-refractivity contribution in [3.05, 3.63) is 53.1 Å². The molecule has 16 heavy (non-hydrogen) atoms. The first-order chi connectivity index (χ1) is 7.69. The standard InChI is InChI=1S/C13H16N2O/c1-10-3-4-11(2)12(5-10)6-15-7-13(8-16)14-9-15/h3-5,7,9,16H,6,8H2,1-2H3. The zero-order chi connectivity index (χ0) is 11.5. The fourth-order valence-corrected chi connectivity index (χ4v) is 1.74. The molecule has 2 aromatic rings. The quantitative estimate of drug-likeness (QED) is 0.852. The molecule has 1 aromatic heterocycles. The summed E-state index contributed by atoms with van der Waals surface area (Å²) in [4.78, 5) is 4.10. The normalized spacial score (nSPS) is 10.7. The number of nitrogens with zero attached hydrogens (tertiary/aromatic N) is 2. The molecule has 0 saturated heterocycles. The fraction of sp³-hybridized carbons (Fsp3) is 0.308. The summed E-state index contributed by atoms with van der Waals surface area (Å²) in [6.45, 7) is 5.01. The SMILES string of the molecule is Cc1ccc(C)c(Cn2cnc(CO)c2)c1. The number of hydrogen-bond acceptors (Lipinski definition) is 2. The topological polar surface area (TPSA) is 38.0 Å². The van der Waals surface area contributed by atoms with Crippen molar-refractivity contribution >= 4 is 0 Å². The molecule has 0 atom stereocenters. The number of aliphatic hydroxyl groups excluding tert-OH is 1. The Hall–Kier alpha value is -1.61. The summed E-state index contributed by atoms with van der Waals surface area (Å²) < 4.78 is 1.99. The molecule has 1 N–H and O–H groups in total. The molecule has 0 radical (unpaired) electrons. The summed E-state index contributed by atoms with van der Waals surface area (Å²) in [5.41, 5.74) is 4.56. The van der Waals surface area contributed by atoms with Gasteiger partial charge in [-0.3, -0.25) is 0 Å². The van der Waals surface area contributed by atoms with E-state index in [1.165, 1.54) is 16.7 Å². The molecular formula is C13H16N2O. The predicted octanol–water partition coefficient (Wildman–Crippen LogP) is 2.04. The van der Waals surface area contributed by atoms with Crippen LogP contribution in [0.3, 0.4) is 0 Å². The van der Waals surface area contributed by atoms with Crippen LogP contribution < -0.4 is 0 Å². The number of aromatic nitrogens is 2. The minimum Gasteiger partial charge on any atom is -0.390 e. The summed E-state index contributed by atoms with van der Waals surface area (Å²) in [6.07, 6.45) is 3.63. The van der Waals surface area contributed by atoms with E-state index in [0.717, 1.165) is 6.54 Å². The van der Waals surface area contributed by atoms with Crippen LogP contribution in [0.5, 0.6) is 0 Å². The summed E-state index contributed by atoms with van der Waals surface area (Å²) >= 11 is 0. The maximum absolute atomic E-state index is 8.94. The van der Waals surface area contributed by atoms with E-state index >= 15 is 0 Å². The lowest BCUT2D eigenvalue weighted by molar-refractivity contribution is 0.277. The minimum absolute atomic E-state index is 0.000199. The van der Waals surface area contributed by atoms with Gasteiger partial charge in [0.15, 0.2) is 0 Å². The lowest BCUT2D eigenvalue weighted by Crippen LogP contribution is -1.99. The van der Waals surface area contributed by atoms with E-state index in [9.17, 15) is 0 Å². The predicted molar refractivity (Wildman–Crippen MR) is 63.2 cm³/mol. The third-order valence-electron chi connectivity index (χ3n) is 2.71. The van der Waals surface area contributed by atoms with Gasteiger partial charge >= 0.3 is 0 Å². The Morgan fingerprint density at radius 3 is 2.81 bits per heavy atom. The van der Waals surface area contributed by atoms with Crippen molar-refractivity contribution in [1.29, 1.82) is 0 Å². The Balaban J connectivity index is 2.22. The van der Waals surface area contributed by atoms with Crippen LogP contribution in [0.4, 0.5) is 0 Å². The van der Waals surface area contributed by atoms with Crippen LogP contribution >= 0.6 is 0 Å². The first-order valence-electron chi connectivity index (χ1n) is 5.36. The largest absolute Gasteiger partial charge is 0.390 e. The van der Waals surface area contributed by atoms with Crippen LogP contribution in [0.2, 0.25) is 0 Å². The molecule has 0 aliphatic rings. The van der Waals surface area contributed by atoms with Gasteiger partial charge in [-0.1, -0.05) is 23.8 Å². The van der Waals surface area contributed by atoms with Crippen molar-refractivity contribution in [3.63, 3.8) is 0 Å². The van der Waals surface area contributed by atoms with Crippen LogP contribution in [-0.2, 0) is 13.2 Å². The summed E-state index contributed by atoms with van der Waals surface area (Å²) in [5.74, 6) is 0. The molecule has 3 nitrogen and oxygen atoms in total. The molecule has 0 aliphatic carbocycles. The van der Waals surface area contributed by atoms with Crippen molar-refractivity contribution in [3.8, 4) is 0 Å². The van der Waals surface area contributed by atoms with Crippen LogP contribution in [-0.4, -0.2) is 14.7 Å². The van der Waals surface area contributed by atoms with Crippen molar-refractivity contribution < 1.29 is 5.11 Å². The van der Waals surface area contributed by atoms with Crippen molar-refractivity contribution in [2.24, 2.45) is 0 Å². The maximum atomic E-state index is 8.94. The van der Waals surface area contributed by atoms with E-state index in [1.54, 1.807) is 6.33 Å². The molecule has 3 heteroatoms. The van der Waals surface area contributed by atoms with Crippen LogP contribution in [0.15, 0.2) is 30.7 Å². The number of imidazole rings is 1. The van der Waals surface area contributed by atoms with Gasteiger partial charge in [-0.15, -0.1) is 0 Å². The lowest BCUT2D eigenvalue weighted by atomic mass is 10.1. The molecular weight excluding hydrogens is 200 g/mol. The highest BCUT2D eigenvalue weighted by atomic mass is 16.3. The molecule has 0 unspecified atom stereocenters. The monoisotopic (exact) mass is 216 g/mol. The van der Waals surface area contributed by atoms with Gasteiger partial charge in [-0.25, -0.2) is 4.98 Å². The molecule has 1 heterocycles. The highest BCUT2D eigenvalue weighted by Gasteiger charge is 2.01. The molecule has 84 valence electrons. The highest BCUT2D eigenvalue weighted by molar-refractivity contribution is 5.30. The molecule has 0 bridgehead atoms. The van der Waals surface area contributed by atoms with E-state index in [4.69, 9.17) is 5.11 Å². The van der Waals surface area contributed by atoms with E-state index in [2.05, 4.69) is 37.0 Å². The van der Waals surface area contributed by atoms with Crippen molar-refractivity contribution in [1.82, 2.24) is 9.55 Å².